The van der Waals surface area contributed by atoms with Gasteiger partial charge in [-0.2, -0.15) is 0 Å². The van der Waals surface area contributed by atoms with Crippen LogP contribution in [0.4, 0.5) is 0 Å². The molecular weight excluding hydrogens is 144 g/mol. The van der Waals surface area contributed by atoms with Crippen molar-refractivity contribution in [3.8, 4) is 0 Å². The largest absolute Gasteiger partial charge is 0.0622 e. The molecule has 0 bridgehead atoms. The molecule has 2 atom stereocenters. The van der Waals surface area contributed by atoms with Crippen molar-refractivity contribution >= 4 is 0 Å². The van der Waals surface area contributed by atoms with Gasteiger partial charge in [-0.3, -0.25) is 0 Å². The van der Waals surface area contributed by atoms with E-state index in [9.17, 15) is 0 Å². The van der Waals surface area contributed by atoms with Crippen LogP contribution in [0.25, 0.3) is 0 Å². The van der Waals surface area contributed by atoms with E-state index >= 15 is 0 Å². The lowest BCUT2D eigenvalue weighted by molar-refractivity contribution is 0.356. The lowest BCUT2D eigenvalue weighted by Crippen LogP contribution is -2.07. The minimum Gasteiger partial charge on any atom is -0.0622 e. The third-order valence-corrected chi connectivity index (χ3v) is 3.16. The molecule has 0 aromatic rings. The number of hydrogen-bond acceptors (Lipinski definition) is 0. The summed E-state index contributed by atoms with van der Waals surface area (Å²) in [6.45, 7) is 11.8. The second-order valence-electron chi connectivity index (χ2n) is 5.72. The minimum atomic E-state index is 0.611. The van der Waals surface area contributed by atoms with Crippen LogP contribution in [0.5, 0.6) is 0 Å². The first kappa shape index (κ1) is 10.1. The van der Waals surface area contributed by atoms with Crippen LogP contribution >= 0.6 is 0 Å². The Hall–Kier alpha value is 0. The lowest BCUT2D eigenvalue weighted by Gasteiger charge is -2.18. The van der Waals surface area contributed by atoms with Gasteiger partial charge in [-0.05, 0) is 42.4 Å². The summed E-state index contributed by atoms with van der Waals surface area (Å²) in [6, 6.07) is 0. The van der Waals surface area contributed by atoms with Gasteiger partial charge in [-0.15, -0.1) is 0 Å². The second-order valence-corrected chi connectivity index (χ2v) is 5.72. The Kier molecular flexibility index (Phi) is 2.85. The maximum absolute atomic E-state index is 2.42. The van der Waals surface area contributed by atoms with Gasteiger partial charge in [0, 0.05) is 0 Å². The summed E-state index contributed by atoms with van der Waals surface area (Å²) in [5.74, 6) is 3.50. The van der Waals surface area contributed by atoms with Crippen molar-refractivity contribution in [2.75, 3.05) is 0 Å². The van der Waals surface area contributed by atoms with Gasteiger partial charge in [0.1, 0.15) is 0 Å². The Morgan fingerprint density at radius 1 is 1.25 bits per heavy atom. The second kappa shape index (κ2) is 3.40. The molecule has 0 N–H and O–H groups in total. The molecule has 0 amide bonds. The highest BCUT2D eigenvalue weighted by Gasteiger charge is 2.36. The lowest BCUT2D eigenvalue weighted by atomic mass is 9.87. The van der Waals surface area contributed by atoms with Crippen LogP contribution in [-0.2, 0) is 0 Å². The fourth-order valence-electron chi connectivity index (χ4n) is 2.83. The summed E-state index contributed by atoms with van der Waals surface area (Å²) in [4.78, 5) is 0. The van der Waals surface area contributed by atoms with Crippen molar-refractivity contribution in [3.05, 3.63) is 5.92 Å². The SMILES string of the molecule is C[C](C)CC1CC(C)(C)CC1C. The summed E-state index contributed by atoms with van der Waals surface area (Å²) in [6.07, 6.45) is 4.20. The Bertz CT molecular complexity index is 144. The number of rotatable bonds is 2. The molecule has 0 heteroatoms. The fourth-order valence-corrected chi connectivity index (χ4v) is 2.83. The Morgan fingerprint density at radius 3 is 2.17 bits per heavy atom. The average Bonchev–Trinajstić information content (AvgIpc) is 2.03. The molecule has 12 heavy (non-hydrogen) atoms. The zero-order chi connectivity index (χ0) is 9.35. The van der Waals surface area contributed by atoms with Crippen LogP contribution < -0.4 is 0 Å². The molecule has 2 unspecified atom stereocenters. The van der Waals surface area contributed by atoms with Crippen LogP contribution in [-0.4, -0.2) is 0 Å². The van der Waals surface area contributed by atoms with Crippen LogP contribution in [0, 0.1) is 23.2 Å². The van der Waals surface area contributed by atoms with E-state index in [-0.39, 0.29) is 0 Å². The van der Waals surface area contributed by atoms with Crippen molar-refractivity contribution in [1.82, 2.24) is 0 Å². The third-order valence-electron chi connectivity index (χ3n) is 3.16. The predicted molar refractivity (Wildman–Crippen MR) is 54.9 cm³/mol. The van der Waals surface area contributed by atoms with Gasteiger partial charge in [0.15, 0.2) is 0 Å². The molecule has 1 aliphatic carbocycles. The molecule has 1 fully saturated rings. The van der Waals surface area contributed by atoms with E-state index in [1.807, 2.05) is 0 Å². The zero-order valence-electron chi connectivity index (χ0n) is 9.28. The van der Waals surface area contributed by atoms with Gasteiger partial charge >= 0.3 is 0 Å². The summed E-state index contributed by atoms with van der Waals surface area (Å²) >= 11 is 0. The van der Waals surface area contributed by atoms with Gasteiger partial charge in [0.2, 0.25) is 0 Å². The van der Waals surface area contributed by atoms with Crippen LogP contribution in [0.15, 0.2) is 0 Å². The highest BCUT2D eigenvalue weighted by molar-refractivity contribution is 4.92. The molecule has 0 aromatic heterocycles. The molecule has 0 saturated heterocycles. The molecule has 0 nitrogen and oxygen atoms in total. The summed E-state index contributed by atoms with van der Waals surface area (Å²) in [7, 11) is 0. The van der Waals surface area contributed by atoms with E-state index in [0.717, 1.165) is 11.8 Å². The third kappa shape index (κ3) is 2.50. The average molecular weight is 167 g/mol. The smallest absolute Gasteiger partial charge is 0.0300 e. The van der Waals surface area contributed by atoms with Gasteiger partial charge in [-0.1, -0.05) is 34.6 Å². The standard InChI is InChI=1S/C12H23/c1-9(2)6-11-8-12(4,5)7-10(11)3/h10-11H,6-8H2,1-5H3. The highest BCUT2D eigenvalue weighted by Crippen LogP contribution is 2.47. The first-order valence-electron chi connectivity index (χ1n) is 5.20. The summed E-state index contributed by atoms with van der Waals surface area (Å²) in [5.41, 5.74) is 0.611. The van der Waals surface area contributed by atoms with E-state index in [0.29, 0.717) is 5.41 Å². The monoisotopic (exact) mass is 167 g/mol. The quantitative estimate of drug-likeness (QED) is 0.581. The normalized spacial score (nSPS) is 34.5. The molecular formula is C12H23. The molecule has 0 heterocycles. The molecule has 0 aromatic carbocycles. The molecule has 71 valence electrons. The molecule has 1 saturated carbocycles. The number of hydrogen-bond donors (Lipinski definition) is 0. The van der Waals surface area contributed by atoms with Gasteiger partial charge in [0.25, 0.3) is 0 Å². The van der Waals surface area contributed by atoms with Crippen molar-refractivity contribution in [2.45, 2.75) is 53.9 Å². The Balaban J connectivity index is 2.47. The minimum absolute atomic E-state index is 0.611. The summed E-state index contributed by atoms with van der Waals surface area (Å²) < 4.78 is 0. The fraction of sp³-hybridized carbons (Fsp3) is 0.917. The van der Waals surface area contributed by atoms with Gasteiger partial charge in [-0.25, -0.2) is 0 Å². The van der Waals surface area contributed by atoms with Crippen molar-refractivity contribution < 1.29 is 0 Å². The van der Waals surface area contributed by atoms with E-state index in [4.69, 9.17) is 0 Å². The van der Waals surface area contributed by atoms with E-state index in [1.165, 1.54) is 19.3 Å². The molecule has 1 rings (SSSR count). The summed E-state index contributed by atoms with van der Waals surface area (Å²) in [5, 5.41) is 0. The molecule has 1 aliphatic rings. The van der Waals surface area contributed by atoms with Crippen LogP contribution in [0.1, 0.15) is 53.9 Å². The maximum Gasteiger partial charge on any atom is -0.0300 e. The molecule has 1 radical (unpaired) electrons. The first-order chi connectivity index (χ1) is 5.41. The van der Waals surface area contributed by atoms with Crippen LogP contribution in [0.2, 0.25) is 0 Å². The van der Waals surface area contributed by atoms with E-state index < -0.39 is 0 Å². The van der Waals surface area contributed by atoms with Crippen molar-refractivity contribution in [2.24, 2.45) is 17.3 Å². The first-order valence-corrected chi connectivity index (χ1v) is 5.20. The zero-order valence-corrected chi connectivity index (χ0v) is 9.28. The Morgan fingerprint density at radius 2 is 1.83 bits per heavy atom. The van der Waals surface area contributed by atoms with Gasteiger partial charge < -0.3 is 0 Å². The van der Waals surface area contributed by atoms with E-state index in [2.05, 4.69) is 34.6 Å². The van der Waals surface area contributed by atoms with Gasteiger partial charge in [0.05, 0.1) is 0 Å². The van der Waals surface area contributed by atoms with Crippen LogP contribution in [0.3, 0.4) is 0 Å². The topological polar surface area (TPSA) is 0 Å². The predicted octanol–water partition coefficient (Wildman–Crippen LogP) is 4.06. The maximum atomic E-state index is 2.42. The highest BCUT2D eigenvalue weighted by atomic mass is 14.4. The molecule has 0 aliphatic heterocycles. The molecule has 0 spiro atoms. The van der Waals surface area contributed by atoms with Crippen molar-refractivity contribution in [1.29, 1.82) is 0 Å². The van der Waals surface area contributed by atoms with E-state index in [1.54, 1.807) is 5.92 Å². The Labute approximate surface area is 77.7 Å². The van der Waals surface area contributed by atoms with Crippen molar-refractivity contribution in [3.63, 3.8) is 0 Å².